The highest BCUT2D eigenvalue weighted by atomic mass is 79.9. The van der Waals surface area contributed by atoms with E-state index in [1.807, 2.05) is 11.8 Å². The first-order valence-corrected chi connectivity index (χ1v) is 8.15. The van der Waals surface area contributed by atoms with Crippen LogP contribution in [0.15, 0.2) is 27.6 Å². The van der Waals surface area contributed by atoms with Crippen LogP contribution in [-0.4, -0.2) is 25.0 Å². The van der Waals surface area contributed by atoms with Gasteiger partial charge in [0.25, 0.3) is 0 Å². The summed E-state index contributed by atoms with van der Waals surface area (Å²) in [4.78, 5) is 1.32. The molecule has 0 saturated carbocycles. The molecule has 2 nitrogen and oxygen atoms in total. The highest BCUT2D eigenvalue weighted by Crippen LogP contribution is 2.32. The highest BCUT2D eigenvalue weighted by molar-refractivity contribution is 9.10. The molecule has 0 aliphatic carbocycles. The zero-order valence-corrected chi connectivity index (χ0v) is 13.3. The lowest BCUT2D eigenvalue weighted by Crippen LogP contribution is -2.30. The molecule has 0 aromatic heterocycles. The largest absolute Gasteiger partial charge is 0.379 e. The monoisotopic (exact) mass is 329 g/mol. The van der Waals surface area contributed by atoms with Crippen LogP contribution in [0, 0.1) is 0 Å². The minimum atomic E-state index is 0.394. The molecule has 1 saturated heterocycles. The Labute approximate surface area is 122 Å². The van der Waals surface area contributed by atoms with Crippen LogP contribution < -0.4 is 5.32 Å². The zero-order chi connectivity index (χ0) is 13.0. The summed E-state index contributed by atoms with van der Waals surface area (Å²) in [6, 6.07) is 7.06. The second kappa shape index (κ2) is 6.94. The minimum Gasteiger partial charge on any atom is -0.379 e. The predicted molar refractivity (Wildman–Crippen MR) is 81.3 cm³/mol. The average molecular weight is 330 g/mol. The fourth-order valence-corrected chi connectivity index (χ4v) is 3.80. The van der Waals surface area contributed by atoms with E-state index in [2.05, 4.69) is 53.3 Å². The number of halogens is 1. The Morgan fingerprint density at radius 3 is 2.83 bits per heavy atom. The lowest BCUT2D eigenvalue weighted by Gasteiger charge is -2.25. The van der Waals surface area contributed by atoms with Crippen molar-refractivity contribution in [3.63, 3.8) is 0 Å². The Hall–Kier alpha value is -0.0300. The summed E-state index contributed by atoms with van der Waals surface area (Å²) in [5.41, 5.74) is 1.33. The summed E-state index contributed by atoms with van der Waals surface area (Å²) in [6.07, 6.45) is 1.16. The topological polar surface area (TPSA) is 21.3 Å². The van der Waals surface area contributed by atoms with Crippen LogP contribution >= 0.6 is 27.7 Å². The number of ether oxygens (including phenoxy) is 1. The Morgan fingerprint density at radius 2 is 2.28 bits per heavy atom. The first-order valence-electron chi connectivity index (χ1n) is 6.48. The van der Waals surface area contributed by atoms with Gasteiger partial charge in [-0.1, -0.05) is 28.9 Å². The Balaban J connectivity index is 1.99. The third kappa shape index (κ3) is 3.73. The van der Waals surface area contributed by atoms with Crippen molar-refractivity contribution in [2.45, 2.75) is 36.5 Å². The molecule has 1 fully saturated rings. The molecule has 1 atom stereocenters. The van der Waals surface area contributed by atoms with E-state index in [4.69, 9.17) is 4.74 Å². The van der Waals surface area contributed by atoms with Crippen molar-refractivity contribution in [2.24, 2.45) is 0 Å². The van der Waals surface area contributed by atoms with Crippen LogP contribution in [-0.2, 0) is 4.74 Å². The molecule has 18 heavy (non-hydrogen) atoms. The maximum atomic E-state index is 5.20. The maximum Gasteiger partial charge on any atom is 0.0611 e. The van der Waals surface area contributed by atoms with Gasteiger partial charge in [-0.15, -0.1) is 11.8 Å². The molecule has 1 aromatic carbocycles. The number of rotatable bonds is 6. The molecule has 100 valence electrons. The van der Waals surface area contributed by atoms with Crippen molar-refractivity contribution < 1.29 is 4.74 Å². The second-order valence-corrected chi connectivity index (χ2v) is 6.86. The third-order valence-electron chi connectivity index (χ3n) is 3.05. The van der Waals surface area contributed by atoms with Gasteiger partial charge >= 0.3 is 0 Å². The smallest absolute Gasteiger partial charge is 0.0611 e. The van der Waals surface area contributed by atoms with E-state index in [1.54, 1.807) is 0 Å². The van der Waals surface area contributed by atoms with Gasteiger partial charge in [-0.25, -0.2) is 0 Å². The molecule has 2 rings (SSSR count). The molecule has 0 spiro atoms. The summed E-state index contributed by atoms with van der Waals surface area (Å²) >= 11 is 5.59. The molecule has 1 unspecified atom stereocenters. The van der Waals surface area contributed by atoms with Crippen LogP contribution in [0.1, 0.15) is 31.9 Å². The normalized spacial score (nSPS) is 17.5. The second-order valence-electron chi connectivity index (χ2n) is 4.64. The Morgan fingerprint density at radius 1 is 1.50 bits per heavy atom. The van der Waals surface area contributed by atoms with E-state index in [0.29, 0.717) is 11.3 Å². The van der Waals surface area contributed by atoms with Crippen LogP contribution in [0.3, 0.4) is 0 Å². The van der Waals surface area contributed by atoms with E-state index in [-0.39, 0.29) is 0 Å². The van der Waals surface area contributed by atoms with E-state index >= 15 is 0 Å². The number of hydrogen-bond acceptors (Lipinski definition) is 3. The SMILES string of the molecule is CCCNC(C)c1ccc(SC2COC2)cc1Br. The van der Waals surface area contributed by atoms with E-state index in [0.717, 1.165) is 26.2 Å². The number of hydrogen-bond donors (Lipinski definition) is 1. The van der Waals surface area contributed by atoms with Gasteiger partial charge in [-0.05, 0) is 37.6 Å². The van der Waals surface area contributed by atoms with Crippen LogP contribution in [0.25, 0.3) is 0 Å². The van der Waals surface area contributed by atoms with Gasteiger partial charge in [-0.3, -0.25) is 0 Å². The lowest BCUT2D eigenvalue weighted by molar-refractivity contribution is 0.0455. The van der Waals surface area contributed by atoms with Gasteiger partial charge in [0, 0.05) is 15.4 Å². The van der Waals surface area contributed by atoms with Gasteiger partial charge in [0.2, 0.25) is 0 Å². The third-order valence-corrected chi connectivity index (χ3v) is 4.87. The summed E-state index contributed by atoms with van der Waals surface area (Å²) in [7, 11) is 0. The van der Waals surface area contributed by atoms with Gasteiger partial charge in [0.05, 0.1) is 18.5 Å². The first kappa shape index (κ1) is 14.4. The van der Waals surface area contributed by atoms with Gasteiger partial charge in [0.1, 0.15) is 0 Å². The molecule has 1 N–H and O–H groups in total. The molecule has 1 aliphatic rings. The van der Waals surface area contributed by atoms with E-state index in [1.165, 1.54) is 14.9 Å². The highest BCUT2D eigenvalue weighted by Gasteiger charge is 2.20. The summed E-state index contributed by atoms with van der Waals surface area (Å²) < 4.78 is 6.40. The fraction of sp³-hybridized carbons (Fsp3) is 0.571. The summed E-state index contributed by atoms with van der Waals surface area (Å²) in [5.74, 6) is 0. The van der Waals surface area contributed by atoms with Crippen LogP contribution in [0.4, 0.5) is 0 Å². The fourth-order valence-electron chi connectivity index (χ4n) is 1.88. The Bertz CT molecular complexity index is 395. The molecule has 0 radical (unpaired) electrons. The molecule has 1 aliphatic heterocycles. The van der Waals surface area contributed by atoms with Crippen molar-refractivity contribution in [1.29, 1.82) is 0 Å². The quantitative estimate of drug-likeness (QED) is 0.852. The molecular weight excluding hydrogens is 310 g/mol. The molecular formula is C14H20BrNOS. The van der Waals surface area contributed by atoms with Gasteiger partial charge < -0.3 is 10.1 Å². The first-order chi connectivity index (χ1) is 8.70. The molecule has 4 heteroatoms. The standard InChI is InChI=1S/C14H20BrNOS/c1-3-6-16-10(2)13-5-4-11(7-14(13)15)18-12-8-17-9-12/h4-5,7,10,12,16H,3,6,8-9H2,1-2H3. The molecule has 0 bridgehead atoms. The average Bonchev–Trinajstić information content (AvgIpc) is 2.31. The molecule has 0 amide bonds. The maximum absolute atomic E-state index is 5.20. The van der Waals surface area contributed by atoms with Crippen LogP contribution in [0.5, 0.6) is 0 Å². The summed E-state index contributed by atoms with van der Waals surface area (Å²) in [6.45, 7) is 7.23. The Kier molecular flexibility index (Phi) is 5.55. The van der Waals surface area contributed by atoms with Crippen molar-refractivity contribution in [1.82, 2.24) is 5.32 Å². The molecule has 1 heterocycles. The molecule has 1 aromatic rings. The van der Waals surface area contributed by atoms with Crippen LogP contribution in [0.2, 0.25) is 0 Å². The number of thioether (sulfide) groups is 1. The number of benzene rings is 1. The predicted octanol–water partition coefficient (Wildman–Crippen LogP) is 4.00. The number of nitrogens with one attached hydrogen (secondary N) is 1. The van der Waals surface area contributed by atoms with Crippen molar-refractivity contribution in [3.05, 3.63) is 28.2 Å². The van der Waals surface area contributed by atoms with Gasteiger partial charge in [0.15, 0.2) is 0 Å². The minimum absolute atomic E-state index is 0.394. The van der Waals surface area contributed by atoms with Crippen molar-refractivity contribution in [2.75, 3.05) is 19.8 Å². The summed E-state index contributed by atoms with van der Waals surface area (Å²) in [5, 5.41) is 4.15. The lowest BCUT2D eigenvalue weighted by atomic mass is 10.1. The van der Waals surface area contributed by atoms with Crippen molar-refractivity contribution >= 4 is 27.7 Å². The van der Waals surface area contributed by atoms with Gasteiger partial charge in [-0.2, -0.15) is 0 Å². The van der Waals surface area contributed by atoms with E-state index < -0.39 is 0 Å². The van der Waals surface area contributed by atoms with Crippen molar-refractivity contribution in [3.8, 4) is 0 Å². The zero-order valence-electron chi connectivity index (χ0n) is 10.9. The van der Waals surface area contributed by atoms with E-state index in [9.17, 15) is 0 Å².